The van der Waals surface area contributed by atoms with Gasteiger partial charge in [-0.15, -0.1) is 0 Å². The van der Waals surface area contributed by atoms with E-state index in [1.54, 1.807) is 42.5 Å². The molecule has 0 unspecified atom stereocenters. The highest BCUT2D eigenvalue weighted by molar-refractivity contribution is 5.87. The standard InChI is InChI=1S/C25H15N3O7/c1-31-22-12-15(28(29)30)6-8-17(22)19-9-7-16(34-19)14-27-25-18(13-26)23(20-4-2-10-32-20)24(35-25)21-5-3-11-33-21/h2-12,14H,1H3. The molecule has 10 heteroatoms. The molecule has 0 N–H and O–H groups in total. The van der Waals surface area contributed by atoms with Crippen molar-refractivity contribution in [2.24, 2.45) is 4.99 Å². The number of ether oxygens (including phenoxy) is 1. The Morgan fingerprint density at radius 1 is 1.03 bits per heavy atom. The number of aliphatic imine (C=N–C) groups is 1. The lowest BCUT2D eigenvalue weighted by Crippen LogP contribution is -1.92. The average molecular weight is 469 g/mol. The van der Waals surface area contributed by atoms with E-state index in [1.165, 1.54) is 38.0 Å². The van der Waals surface area contributed by atoms with Gasteiger partial charge in [-0.2, -0.15) is 5.26 Å². The molecule has 0 saturated heterocycles. The Bertz CT molecular complexity index is 1570. The minimum Gasteiger partial charge on any atom is -0.496 e. The van der Waals surface area contributed by atoms with Crippen molar-refractivity contribution in [3.63, 3.8) is 0 Å². The van der Waals surface area contributed by atoms with Crippen LogP contribution in [0.2, 0.25) is 0 Å². The molecule has 0 atom stereocenters. The molecule has 35 heavy (non-hydrogen) atoms. The number of benzene rings is 1. The topological polar surface area (TPSA) is 141 Å². The molecule has 0 spiro atoms. The highest BCUT2D eigenvalue weighted by Gasteiger charge is 2.26. The summed E-state index contributed by atoms with van der Waals surface area (Å²) in [5.41, 5.74) is 1.04. The van der Waals surface area contributed by atoms with Crippen LogP contribution in [0.15, 0.2) is 89.8 Å². The fourth-order valence-corrected chi connectivity index (χ4v) is 3.54. The Kier molecular flexibility index (Phi) is 5.49. The summed E-state index contributed by atoms with van der Waals surface area (Å²) < 4.78 is 28.0. The molecule has 4 heterocycles. The van der Waals surface area contributed by atoms with Gasteiger partial charge in [0, 0.05) is 6.07 Å². The van der Waals surface area contributed by atoms with Crippen molar-refractivity contribution in [3.8, 4) is 46.0 Å². The zero-order valence-electron chi connectivity index (χ0n) is 18.1. The van der Waals surface area contributed by atoms with E-state index >= 15 is 0 Å². The molecule has 0 saturated carbocycles. The van der Waals surface area contributed by atoms with Crippen molar-refractivity contribution in [1.29, 1.82) is 5.26 Å². The Hall–Kier alpha value is -5.30. The van der Waals surface area contributed by atoms with E-state index in [-0.39, 0.29) is 17.1 Å². The summed E-state index contributed by atoms with van der Waals surface area (Å²) >= 11 is 0. The van der Waals surface area contributed by atoms with Gasteiger partial charge >= 0.3 is 0 Å². The van der Waals surface area contributed by atoms with Crippen LogP contribution in [0.25, 0.3) is 34.2 Å². The monoisotopic (exact) mass is 469 g/mol. The number of nitro benzene ring substituents is 1. The highest BCUT2D eigenvalue weighted by atomic mass is 16.6. The Morgan fingerprint density at radius 2 is 1.80 bits per heavy atom. The molecule has 172 valence electrons. The molecule has 0 bridgehead atoms. The smallest absolute Gasteiger partial charge is 0.273 e. The van der Waals surface area contributed by atoms with Crippen LogP contribution >= 0.6 is 0 Å². The summed E-state index contributed by atoms with van der Waals surface area (Å²) in [4.78, 5) is 14.9. The van der Waals surface area contributed by atoms with Crippen molar-refractivity contribution in [2.45, 2.75) is 0 Å². The second-order valence-corrected chi connectivity index (χ2v) is 7.15. The second kappa shape index (κ2) is 8.92. The van der Waals surface area contributed by atoms with Crippen molar-refractivity contribution >= 4 is 17.8 Å². The lowest BCUT2D eigenvalue weighted by Gasteiger charge is -2.05. The van der Waals surface area contributed by atoms with Crippen LogP contribution in [-0.2, 0) is 0 Å². The van der Waals surface area contributed by atoms with Crippen LogP contribution in [0.4, 0.5) is 11.6 Å². The van der Waals surface area contributed by atoms with E-state index in [2.05, 4.69) is 11.1 Å². The van der Waals surface area contributed by atoms with Gasteiger partial charge in [0.2, 0.25) is 5.88 Å². The van der Waals surface area contributed by atoms with Gasteiger partial charge in [0.1, 0.15) is 34.7 Å². The predicted octanol–water partition coefficient (Wildman–Crippen LogP) is 6.60. The zero-order chi connectivity index (χ0) is 24.4. The first-order chi connectivity index (χ1) is 17.1. The van der Waals surface area contributed by atoms with Crippen molar-refractivity contribution in [1.82, 2.24) is 0 Å². The quantitative estimate of drug-likeness (QED) is 0.147. The van der Waals surface area contributed by atoms with E-state index in [4.69, 9.17) is 22.4 Å². The van der Waals surface area contributed by atoms with Crippen molar-refractivity contribution in [3.05, 3.63) is 88.6 Å². The summed E-state index contributed by atoms with van der Waals surface area (Å²) in [7, 11) is 1.42. The fraction of sp³-hybridized carbons (Fsp3) is 0.0400. The number of hydrogen-bond acceptors (Lipinski definition) is 9. The lowest BCUT2D eigenvalue weighted by atomic mass is 10.1. The van der Waals surface area contributed by atoms with E-state index in [0.29, 0.717) is 45.7 Å². The van der Waals surface area contributed by atoms with Crippen LogP contribution in [0, 0.1) is 21.4 Å². The minimum atomic E-state index is -0.503. The van der Waals surface area contributed by atoms with Gasteiger partial charge in [-0.05, 0) is 42.5 Å². The van der Waals surface area contributed by atoms with Crippen LogP contribution in [0.3, 0.4) is 0 Å². The number of nitrogens with zero attached hydrogens (tertiary/aromatic N) is 3. The minimum absolute atomic E-state index is 0.0520. The number of furan rings is 4. The molecule has 5 rings (SSSR count). The Balaban J connectivity index is 1.51. The van der Waals surface area contributed by atoms with Gasteiger partial charge in [0.15, 0.2) is 11.5 Å². The zero-order valence-corrected chi connectivity index (χ0v) is 18.1. The summed E-state index contributed by atoms with van der Waals surface area (Å²) in [5.74, 6) is 2.29. The molecule has 0 aliphatic rings. The molecule has 1 aromatic carbocycles. The molecule has 10 nitrogen and oxygen atoms in total. The van der Waals surface area contributed by atoms with Gasteiger partial charge in [-0.25, -0.2) is 4.99 Å². The molecule has 0 radical (unpaired) electrons. The molecule has 0 aliphatic carbocycles. The maximum Gasteiger partial charge on any atom is 0.273 e. The van der Waals surface area contributed by atoms with Crippen LogP contribution < -0.4 is 4.74 Å². The number of methoxy groups -OCH3 is 1. The highest BCUT2D eigenvalue weighted by Crippen LogP contribution is 2.43. The van der Waals surface area contributed by atoms with E-state index < -0.39 is 4.92 Å². The first-order valence-corrected chi connectivity index (χ1v) is 10.2. The molecule has 0 amide bonds. The number of hydrogen-bond donors (Lipinski definition) is 0. The number of nitriles is 1. The maximum absolute atomic E-state index is 11.0. The number of nitro groups is 1. The first-order valence-electron chi connectivity index (χ1n) is 10.2. The lowest BCUT2D eigenvalue weighted by molar-refractivity contribution is -0.384. The largest absolute Gasteiger partial charge is 0.496 e. The fourth-order valence-electron chi connectivity index (χ4n) is 3.54. The normalized spacial score (nSPS) is 11.1. The number of rotatable bonds is 7. The van der Waals surface area contributed by atoms with Gasteiger partial charge < -0.3 is 22.4 Å². The second-order valence-electron chi connectivity index (χ2n) is 7.15. The van der Waals surface area contributed by atoms with Crippen LogP contribution in [-0.4, -0.2) is 18.2 Å². The Labute approximate surface area is 197 Å². The summed E-state index contributed by atoms with van der Waals surface area (Å²) in [6, 6.07) is 16.5. The third-order valence-electron chi connectivity index (χ3n) is 5.11. The van der Waals surface area contributed by atoms with Crippen molar-refractivity contribution < 1.29 is 27.3 Å². The Morgan fingerprint density at radius 3 is 2.46 bits per heavy atom. The maximum atomic E-state index is 11.0. The molecule has 5 aromatic rings. The van der Waals surface area contributed by atoms with Crippen LogP contribution in [0.1, 0.15) is 11.3 Å². The number of non-ortho nitro benzene ring substituents is 1. The molecular weight excluding hydrogens is 454 g/mol. The molecule has 0 aliphatic heterocycles. The summed E-state index contributed by atoms with van der Waals surface area (Å²) in [5, 5.41) is 20.9. The first kappa shape index (κ1) is 21.5. The molecule has 0 fully saturated rings. The van der Waals surface area contributed by atoms with Gasteiger partial charge in [-0.3, -0.25) is 10.1 Å². The predicted molar refractivity (Wildman–Crippen MR) is 123 cm³/mol. The van der Waals surface area contributed by atoms with E-state index in [0.717, 1.165) is 0 Å². The summed E-state index contributed by atoms with van der Waals surface area (Å²) in [6.07, 6.45) is 4.39. The molecular formula is C25H15N3O7. The third-order valence-corrected chi connectivity index (χ3v) is 5.11. The average Bonchev–Trinajstić information content (AvgIpc) is 3.68. The third kappa shape index (κ3) is 3.98. The van der Waals surface area contributed by atoms with Gasteiger partial charge in [0.05, 0.1) is 48.0 Å². The van der Waals surface area contributed by atoms with Gasteiger partial charge in [0.25, 0.3) is 5.69 Å². The SMILES string of the molecule is COc1cc([N+](=O)[O-])ccc1-c1ccc(C=Nc2oc(-c3ccco3)c(-c3ccco3)c2C#N)o1. The van der Waals surface area contributed by atoms with Crippen LogP contribution in [0.5, 0.6) is 5.75 Å². The van der Waals surface area contributed by atoms with E-state index in [1.807, 2.05) is 0 Å². The summed E-state index contributed by atoms with van der Waals surface area (Å²) in [6.45, 7) is 0. The van der Waals surface area contributed by atoms with Gasteiger partial charge in [-0.1, -0.05) is 0 Å². The van der Waals surface area contributed by atoms with E-state index in [9.17, 15) is 15.4 Å². The molecule has 4 aromatic heterocycles. The van der Waals surface area contributed by atoms with Crippen molar-refractivity contribution in [2.75, 3.05) is 7.11 Å².